The third kappa shape index (κ3) is 9.42. The molecule has 5 heteroatoms. The Kier molecular flexibility index (Phi) is 10.9. The fourth-order valence-electron chi connectivity index (χ4n) is 0.440. The first-order chi connectivity index (χ1) is 4.41. The van der Waals surface area contributed by atoms with Crippen molar-refractivity contribution in [2.45, 2.75) is 0 Å². The van der Waals surface area contributed by atoms with Crippen LogP contribution >= 0.6 is 28.0 Å². The molecule has 0 atom stereocenters. The summed E-state index contributed by atoms with van der Waals surface area (Å²) in [5, 5.41) is 0. The van der Waals surface area contributed by atoms with Gasteiger partial charge in [0.2, 0.25) is 0 Å². The first kappa shape index (κ1) is 10.4. The summed E-state index contributed by atoms with van der Waals surface area (Å²) < 4.78 is 9.89. The van der Waals surface area contributed by atoms with E-state index in [1.165, 1.54) is 0 Å². The summed E-state index contributed by atoms with van der Waals surface area (Å²) in [6, 6.07) is 0. The molecular formula is C4H8Br2GeO2. The summed E-state index contributed by atoms with van der Waals surface area (Å²) in [6.45, 7) is 3.11. The third-order valence-electron chi connectivity index (χ3n) is 0.744. The molecule has 0 aliphatic carbocycles. The topological polar surface area (TPSA) is 18.5 Å². The van der Waals surface area contributed by atoms with Gasteiger partial charge in [0.15, 0.2) is 0 Å². The quantitative estimate of drug-likeness (QED) is 0.627. The first-order valence-corrected chi connectivity index (χ1v) is 12.4. The van der Waals surface area contributed by atoms with Crippen LogP contribution in [-0.4, -0.2) is 38.2 Å². The second kappa shape index (κ2) is 9.42. The van der Waals surface area contributed by atoms with E-state index < -0.39 is 0 Å². The minimum atomic E-state index is 0.125. The van der Waals surface area contributed by atoms with Gasteiger partial charge >= 0.3 is 39.8 Å². The summed E-state index contributed by atoms with van der Waals surface area (Å²) in [6.07, 6.45) is 0. The molecule has 1 heterocycles. The molecule has 1 aliphatic heterocycles. The van der Waals surface area contributed by atoms with E-state index in [1.54, 1.807) is 0 Å². The van der Waals surface area contributed by atoms with Crippen LogP contribution in [0.2, 0.25) is 0 Å². The number of hydrogen-bond donors (Lipinski definition) is 0. The fourth-order valence-corrected chi connectivity index (χ4v) is 0.440. The van der Waals surface area contributed by atoms with Crippen molar-refractivity contribution in [3.8, 4) is 0 Å². The Labute approximate surface area is 75.4 Å². The molecule has 0 aromatic rings. The first-order valence-electron chi connectivity index (χ1n) is 2.53. The van der Waals surface area contributed by atoms with E-state index in [9.17, 15) is 0 Å². The minimum absolute atomic E-state index is 0.125. The molecule has 0 aromatic carbocycles. The second-order valence-electron chi connectivity index (χ2n) is 1.30. The molecule has 1 rings (SSSR count). The Hall–Kier alpha value is 1.42. The number of hydrogen-bond acceptors (Lipinski definition) is 2. The van der Waals surface area contributed by atoms with Crippen LogP contribution in [0.1, 0.15) is 0 Å². The molecule has 0 spiro atoms. The van der Waals surface area contributed by atoms with Crippen molar-refractivity contribution in [2.24, 2.45) is 0 Å². The Morgan fingerprint density at radius 1 is 0.889 bits per heavy atom. The molecule has 0 N–H and O–H groups in total. The van der Waals surface area contributed by atoms with Gasteiger partial charge in [-0.25, -0.2) is 0 Å². The number of halogens is 2. The zero-order valence-corrected chi connectivity index (χ0v) is 10.2. The summed E-state index contributed by atoms with van der Waals surface area (Å²) >= 11 is 6.50. The van der Waals surface area contributed by atoms with Gasteiger partial charge in [0.05, 0.1) is 26.4 Å². The molecule has 0 bridgehead atoms. The summed E-state index contributed by atoms with van der Waals surface area (Å²) in [5.74, 6) is 0. The number of rotatable bonds is 0. The van der Waals surface area contributed by atoms with Crippen molar-refractivity contribution in [1.82, 2.24) is 0 Å². The Morgan fingerprint density at radius 3 is 1.22 bits per heavy atom. The maximum atomic E-state index is 4.94. The van der Waals surface area contributed by atoms with Crippen molar-refractivity contribution < 1.29 is 9.47 Å². The van der Waals surface area contributed by atoms with Crippen LogP contribution in [0, 0.1) is 0 Å². The second-order valence-corrected chi connectivity index (χ2v) is 11.2. The van der Waals surface area contributed by atoms with Crippen LogP contribution in [0.3, 0.4) is 0 Å². The van der Waals surface area contributed by atoms with E-state index in [1.807, 2.05) is 0 Å². The van der Waals surface area contributed by atoms with E-state index in [2.05, 4.69) is 28.0 Å². The molecule has 1 aliphatic rings. The van der Waals surface area contributed by atoms with Crippen molar-refractivity contribution in [1.29, 1.82) is 0 Å². The van der Waals surface area contributed by atoms with Gasteiger partial charge in [-0.2, -0.15) is 0 Å². The van der Waals surface area contributed by atoms with Crippen LogP contribution in [-0.2, 0) is 9.47 Å². The molecule has 54 valence electrons. The Morgan fingerprint density at radius 2 is 1.11 bits per heavy atom. The normalized spacial score (nSPS) is 18.0. The zero-order valence-electron chi connectivity index (χ0n) is 4.90. The summed E-state index contributed by atoms with van der Waals surface area (Å²) in [7, 11) is 0. The van der Waals surface area contributed by atoms with Crippen molar-refractivity contribution in [2.75, 3.05) is 26.4 Å². The van der Waals surface area contributed by atoms with Gasteiger partial charge in [0, 0.05) is 0 Å². The summed E-state index contributed by atoms with van der Waals surface area (Å²) in [4.78, 5) is 0. The predicted octanol–water partition coefficient (Wildman–Crippen LogP) is 1.34. The van der Waals surface area contributed by atoms with Crippen LogP contribution in [0.5, 0.6) is 0 Å². The Balaban J connectivity index is 0.000000187. The van der Waals surface area contributed by atoms with E-state index in [4.69, 9.17) is 9.47 Å². The van der Waals surface area contributed by atoms with Crippen molar-refractivity contribution in [3.63, 3.8) is 0 Å². The van der Waals surface area contributed by atoms with E-state index in [0.29, 0.717) is 0 Å². The van der Waals surface area contributed by atoms with Gasteiger partial charge in [0.1, 0.15) is 0 Å². The molecule has 9 heavy (non-hydrogen) atoms. The van der Waals surface area contributed by atoms with E-state index >= 15 is 0 Å². The molecule has 0 saturated carbocycles. The molecule has 2 nitrogen and oxygen atoms in total. The summed E-state index contributed by atoms with van der Waals surface area (Å²) in [5.41, 5.74) is 0. The molecule has 2 radical (unpaired) electrons. The van der Waals surface area contributed by atoms with Crippen molar-refractivity contribution >= 4 is 39.8 Å². The SMILES string of the molecule is C1COCCO1.[Br][Ge][Br]. The predicted molar refractivity (Wildman–Crippen MR) is 45.2 cm³/mol. The molecule has 0 amide bonds. The molecule has 1 saturated heterocycles. The molecule has 1 fully saturated rings. The average Bonchev–Trinajstić information content (AvgIpc) is 1.93. The maximum absolute atomic E-state index is 4.94. The van der Waals surface area contributed by atoms with Crippen LogP contribution in [0.15, 0.2) is 0 Å². The monoisotopic (exact) mass is 320 g/mol. The van der Waals surface area contributed by atoms with Crippen LogP contribution in [0.25, 0.3) is 0 Å². The fraction of sp³-hybridized carbons (Fsp3) is 1.00. The van der Waals surface area contributed by atoms with Gasteiger partial charge < -0.3 is 9.47 Å². The van der Waals surface area contributed by atoms with Gasteiger partial charge in [-0.15, -0.1) is 0 Å². The van der Waals surface area contributed by atoms with Gasteiger partial charge in [0.25, 0.3) is 0 Å². The van der Waals surface area contributed by atoms with Gasteiger partial charge in [-0.1, -0.05) is 0 Å². The van der Waals surface area contributed by atoms with Crippen LogP contribution < -0.4 is 0 Å². The van der Waals surface area contributed by atoms with E-state index in [0.717, 1.165) is 26.4 Å². The van der Waals surface area contributed by atoms with Gasteiger partial charge in [-0.05, 0) is 0 Å². The van der Waals surface area contributed by atoms with Crippen LogP contribution in [0.4, 0.5) is 0 Å². The molecule has 0 aromatic heterocycles. The zero-order chi connectivity index (χ0) is 6.95. The number of ether oxygens (including phenoxy) is 2. The Bertz CT molecular complexity index is 40.3. The third-order valence-corrected chi connectivity index (χ3v) is 0.744. The molecular weight excluding hydrogens is 312 g/mol. The standard InChI is InChI=1S/C4H8O2.Br2Ge/c1-2-6-4-3-5-1;1-3-2/h1-4H2;. The van der Waals surface area contributed by atoms with E-state index in [-0.39, 0.29) is 11.7 Å². The average molecular weight is 321 g/mol. The molecule has 0 unspecified atom stereocenters. The van der Waals surface area contributed by atoms with Crippen molar-refractivity contribution in [3.05, 3.63) is 0 Å². The van der Waals surface area contributed by atoms with Gasteiger partial charge in [-0.3, -0.25) is 0 Å².